The van der Waals surface area contributed by atoms with Crippen molar-refractivity contribution in [3.63, 3.8) is 0 Å². The van der Waals surface area contributed by atoms with Gasteiger partial charge in [0.1, 0.15) is 0 Å². The fourth-order valence-electron chi connectivity index (χ4n) is 1.56. The molecule has 0 radical (unpaired) electrons. The second-order valence-electron chi connectivity index (χ2n) is 5.66. The van der Waals surface area contributed by atoms with E-state index < -0.39 is 0 Å². The number of thiophene rings is 1. The van der Waals surface area contributed by atoms with Crippen molar-refractivity contribution in [3.8, 4) is 0 Å². The van der Waals surface area contributed by atoms with Crippen molar-refractivity contribution in [2.24, 2.45) is 0 Å². The van der Waals surface area contributed by atoms with Gasteiger partial charge in [0.15, 0.2) is 0 Å². The van der Waals surface area contributed by atoms with E-state index >= 15 is 0 Å². The van der Waals surface area contributed by atoms with Crippen LogP contribution < -0.4 is 10.6 Å². The van der Waals surface area contributed by atoms with Gasteiger partial charge in [0, 0.05) is 28.3 Å². The average molecular weight is 268 g/mol. The van der Waals surface area contributed by atoms with E-state index in [9.17, 15) is 4.79 Å². The van der Waals surface area contributed by atoms with Crippen LogP contribution in [0.15, 0.2) is 6.07 Å². The van der Waals surface area contributed by atoms with Gasteiger partial charge in [-0.15, -0.1) is 11.3 Å². The normalized spacial score (nSPS) is 11.6. The Morgan fingerprint density at radius 2 is 2.00 bits per heavy atom. The third-order valence-electron chi connectivity index (χ3n) is 2.68. The van der Waals surface area contributed by atoms with Crippen LogP contribution in [0.2, 0.25) is 0 Å². The lowest BCUT2D eigenvalue weighted by atomic mass is 10.1. The highest BCUT2D eigenvalue weighted by atomic mass is 32.1. The summed E-state index contributed by atoms with van der Waals surface area (Å²) in [5.74, 6) is 0.107. The number of hydrogen-bond acceptors (Lipinski definition) is 3. The van der Waals surface area contributed by atoms with Gasteiger partial charge in [-0.1, -0.05) is 0 Å². The minimum atomic E-state index is 0.0717. The lowest BCUT2D eigenvalue weighted by Crippen LogP contribution is -2.38. The summed E-state index contributed by atoms with van der Waals surface area (Å²) in [6, 6.07) is 2.15. The molecule has 0 saturated heterocycles. The molecule has 0 aliphatic rings. The van der Waals surface area contributed by atoms with Crippen LogP contribution in [0.4, 0.5) is 0 Å². The van der Waals surface area contributed by atoms with Gasteiger partial charge in [-0.3, -0.25) is 4.79 Å². The Bertz CT molecular complexity index is 385. The van der Waals surface area contributed by atoms with E-state index in [4.69, 9.17) is 0 Å². The average Bonchev–Trinajstić information content (AvgIpc) is 2.54. The molecule has 0 aromatic carbocycles. The maximum Gasteiger partial charge on any atom is 0.221 e. The summed E-state index contributed by atoms with van der Waals surface area (Å²) in [7, 11) is 0. The lowest BCUT2D eigenvalue weighted by Gasteiger charge is -2.20. The molecule has 0 fully saturated rings. The fourth-order valence-corrected chi connectivity index (χ4v) is 2.56. The summed E-state index contributed by atoms with van der Waals surface area (Å²) in [5.41, 5.74) is 1.38. The van der Waals surface area contributed by atoms with Gasteiger partial charge in [-0.2, -0.15) is 0 Å². The molecular weight excluding hydrogens is 244 g/mol. The quantitative estimate of drug-likeness (QED) is 0.862. The molecule has 18 heavy (non-hydrogen) atoms. The molecule has 102 valence electrons. The minimum absolute atomic E-state index is 0.0717. The Labute approximate surface area is 114 Å². The molecule has 0 unspecified atom stereocenters. The highest BCUT2D eigenvalue weighted by molar-refractivity contribution is 7.12. The molecule has 0 atom stereocenters. The third kappa shape index (κ3) is 5.65. The SMILES string of the molecule is Cc1cc(CNC(=O)CCNC(C)(C)C)sc1C. The number of rotatable bonds is 5. The monoisotopic (exact) mass is 268 g/mol. The van der Waals surface area contributed by atoms with Crippen molar-refractivity contribution in [2.45, 2.75) is 53.1 Å². The summed E-state index contributed by atoms with van der Waals surface area (Å²) < 4.78 is 0. The number of amides is 1. The Kier molecular flexibility index (Phi) is 5.35. The Morgan fingerprint density at radius 3 is 2.50 bits per heavy atom. The molecule has 3 nitrogen and oxygen atoms in total. The van der Waals surface area contributed by atoms with E-state index in [1.807, 2.05) is 0 Å². The molecular formula is C14H24N2OS. The van der Waals surface area contributed by atoms with Crippen molar-refractivity contribution >= 4 is 17.2 Å². The maximum absolute atomic E-state index is 11.6. The van der Waals surface area contributed by atoms with E-state index in [2.05, 4.69) is 51.3 Å². The molecule has 0 bridgehead atoms. The standard InChI is InChI=1S/C14H24N2OS/c1-10-8-12(18-11(10)2)9-15-13(17)6-7-16-14(3,4)5/h8,16H,6-7,9H2,1-5H3,(H,15,17). The predicted molar refractivity (Wildman–Crippen MR) is 78.0 cm³/mol. The fraction of sp³-hybridized carbons (Fsp3) is 0.643. The number of aryl methyl sites for hydroxylation is 2. The van der Waals surface area contributed by atoms with Gasteiger partial charge in [-0.05, 0) is 46.2 Å². The summed E-state index contributed by atoms with van der Waals surface area (Å²) in [5, 5.41) is 6.26. The Morgan fingerprint density at radius 1 is 1.33 bits per heavy atom. The zero-order valence-electron chi connectivity index (χ0n) is 12.0. The summed E-state index contributed by atoms with van der Waals surface area (Å²) in [4.78, 5) is 14.2. The van der Waals surface area contributed by atoms with Crippen molar-refractivity contribution in [1.82, 2.24) is 10.6 Å². The molecule has 0 aliphatic heterocycles. The van der Waals surface area contributed by atoms with Gasteiger partial charge in [0.05, 0.1) is 6.54 Å². The number of carbonyl (C=O) groups is 1. The second-order valence-corrected chi connectivity index (χ2v) is 7.00. The Balaban J connectivity index is 2.25. The van der Waals surface area contributed by atoms with Gasteiger partial charge in [-0.25, -0.2) is 0 Å². The van der Waals surface area contributed by atoms with Crippen molar-refractivity contribution in [1.29, 1.82) is 0 Å². The van der Waals surface area contributed by atoms with Crippen molar-refractivity contribution < 1.29 is 4.79 Å². The number of hydrogen-bond donors (Lipinski definition) is 2. The van der Waals surface area contributed by atoms with Crippen LogP contribution in [0.1, 0.15) is 42.5 Å². The zero-order chi connectivity index (χ0) is 13.8. The van der Waals surface area contributed by atoms with Crippen LogP contribution in [-0.4, -0.2) is 18.0 Å². The van der Waals surface area contributed by atoms with E-state index in [-0.39, 0.29) is 11.4 Å². The lowest BCUT2D eigenvalue weighted by molar-refractivity contribution is -0.121. The molecule has 0 aliphatic carbocycles. The molecule has 1 rings (SSSR count). The number of carbonyl (C=O) groups excluding carboxylic acids is 1. The van der Waals surface area contributed by atoms with Gasteiger partial charge in [0.2, 0.25) is 5.91 Å². The molecule has 0 spiro atoms. The van der Waals surface area contributed by atoms with Crippen LogP contribution in [-0.2, 0) is 11.3 Å². The van der Waals surface area contributed by atoms with E-state index in [0.717, 1.165) is 6.54 Å². The zero-order valence-corrected chi connectivity index (χ0v) is 12.8. The van der Waals surface area contributed by atoms with Gasteiger partial charge >= 0.3 is 0 Å². The molecule has 0 saturated carbocycles. The van der Waals surface area contributed by atoms with Crippen LogP contribution in [0, 0.1) is 13.8 Å². The first-order valence-electron chi connectivity index (χ1n) is 6.35. The Hall–Kier alpha value is -0.870. The summed E-state index contributed by atoms with van der Waals surface area (Å²) in [6.07, 6.45) is 0.528. The predicted octanol–water partition coefficient (Wildman–Crippen LogP) is 2.76. The largest absolute Gasteiger partial charge is 0.351 e. The van der Waals surface area contributed by atoms with Crippen molar-refractivity contribution in [2.75, 3.05) is 6.54 Å². The number of nitrogens with one attached hydrogen (secondary N) is 2. The van der Waals surface area contributed by atoms with Crippen LogP contribution >= 0.6 is 11.3 Å². The molecule has 1 aromatic heterocycles. The molecule has 4 heteroatoms. The molecule has 2 N–H and O–H groups in total. The minimum Gasteiger partial charge on any atom is -0.351 e. The van der Waals surface area contributed by atoms with Crippen LogP contribution in [0.3, 0.4) is 0 Å². The highest BCUT2D eigenvalue weighted by Crippen LogP contribution is 2.20. The molecule has 1 heterocycles. The molecule has 1 aromatic rings. The highest BCUT2D eigenvalue weighted by Gasteiger charge is 2.09. The van der Waals surface area contributed by atoms with E-state index in [1.54, 1.807) is 11.3 Å². The second kappa shape index (κ2) is 6.34. The summed E-state index contributed by atoms with van der Waals surface area (Å²) >= 11 is 1.75. The van der Waals surface area contributed by atoms with Gasteiger partial charge < -0.3 is 10.6 Å². The van der Waals surface area contributed by atoms with E-state index in [1.165, 1.54) is 15.3 Å². The smallest absolute Gasteiger partial charge is 0.221 e. The maximum atomic E-state index is 11.6. The topological polar surface area (TPSA) is 41.1 Å². The first-order chi connectivity index (χ1) is 8.28. The van der Waals surface area contributed by atoms with Crippen molar-refractivity contribution in [3.05, 3.63) is 21.4 Å². The van der Waals surface area contributed by atoms with Crippen LogP contribution in [0.25, 0.3) is 0 Å². The third-order valence-corrected chi connectivity index (χ3v) is 3.84. The first-order valence-corrected chi connectivity index (χ1v) is 7.17. The summed E-state index contributed by atoms with van der Waals surface area (Å²) in [6.45, 7) is 11.9. The van der Waals surface area contributed by atoms with Gasteiger partial charge in [0.25, 0.3) is 0 Å². The van der Waals surface area contributed by atoms with Crippen LogP contribution in [0.5, 0.6) is 0 Å². The molecule has 1 amide bonds. The first kappa shape index (κ1) is 15.2. The van der Waals surface area contributed by atoms with E-state index in [0.29, 0.717) is 13.0 Å².